The molecule has 3 nitrogen and oxygen atoms in total. The van der Waals surface area contributed by atoms with Crippen LogP contribution in [0.25, 0.3) is 0 Å². The summed E-state index contributed by atoms with van der Waals surface area (Å²) in [5.41, 5.74) is 13.1. The normalized spacial score (nSPS) is 18.0. The molecule has 0 aromatic heterocycles. The molecule has 2 aromatic carbocycles. The van der Waals surface area contributed by atoms with Gasteiger partial charge in [0.25, 0.3) is 0 Å². The molecule has 1 aliphatic heterocycles. The van der Waals surface area contributed by atoms with Crippen molar-refractivity contribution in [3.63, 3.8) is 0 Å². The van der Waals surface area contributed by atoms with Gasteiger partial charge in [0.1, 0.15) is 0 Å². The zero-order valence-electron chi connectivity index (χ0n) is 13.3. The highest BCUT2D eigenvalue weighted by molar-refractivity contribution is 6.04. The fraction of sp³-hybridized carbons (Fsp3) is 0.316. The van der Waals surface area contributed by atoms with Crippen molar-refractivity contribution in [3.8, 4) is 0 Å². The first-order valence-electron chi connectivity index (χ1n) is 7.80. The van der Waals surface area contributed by atoms with E-state index in [-0.39, 0.29) is 17.9 Å². The maximum atomic E-state index is 12.1. The van der Waals surface area contributed by atoms with Crippen molar-refractivity contribution in [3.05, 3.63) is 64.2 Å². The number of nitrogens with one attached hydrogen (secondary N) is 1. The van der Waals surface area contributed by atoms with Crippen LogP contribution in [0.15, 0.2) is 36.4 Å². The highest BCUT2D eigenvalue weighted by Gasteiger charge is 2.32. The molecule has 0 bridgehead atoms. The highest BCUT2D eigenvalue weighted by atomic mass is 16.2. The molecule has 0 saturated heterocycles. The van der Waals surface area contributed by atoms with Crippen molar-refractivity contribution in [2.24, 2.45) is 5.73 Å². The van der Waals surface area contributed by atoms with Crippen LogP contribution in [0.4, 0.5) is 5.69 Å². The van der Waals surface area contributed by atoms with Crippen molar-refractivity contribution in [1.29, 1.82) is 0 Å². The zero-order chi connectivity index (χ0) is 15.9. The number of hydrogen-bond donors (Lipinski definition) is 2. The quantitative estimate of drug-likeness (QED) is 0.904. The van der Waals surface area contributed by atoms with Gasteiger partial charge in [0.2, 0.25) is 5.91 Å². The van der Waals surface area contributed by atoms with Gasteiger partial charge in [-0.05, 0) is 48.1 Å². The largest absolute Gasteiger partial charge is 0.325 e. The van der Waals surface area contributed by atoms with Crippen LogP contribution in [0.5, 0.6) is 0 Å². The summed E-state index contributed by atoms with van der Waals surface area (Å²) < 4.78 is 0. The molecule has 0 saturated carbocycles. The average molecular weight is 294 g/mol. The molecule has 22 heavy (non-hydrogen) atoms. The molecule has 3 N–H and O–H groups in total. The second-order valence-electron chi connectivity index (χ2n) is 6.02. The lowest BCUT2D eigenvalue weighted by Crippen LogP contribution is -2.14. The molecule has 3 rings (SSSR count). The third-order valence-electron chi connectivity index (χ3n) is 4.81. The van der Waals surface area contributed by atoms with Crippen molar-refractivity contribution in [2.45, 2.75) is 39.2 Å². The fourth-order valence-electron chi connectivity index (χ4n) is 3.33. The summed E-state index contributed by atoms with van der Waals surface area (Å²) in [6.45, 7) is 6.19. The Morgan fingerprint density at radius 2 is 1.86 bits per heavy atom. The Balaban J connectivity index is 2.13. The summed E-state index contributed by atoms with van der Waals surface area (Å²) in [5, 5.41) is 3.03. The van der Waals surface area contributed by atoms with Gasteiger partial charge in [-0.1, -0.05) is 43.3 Å². The zero-order valence-corrected chi connectivity index (χ0v) is 13.3. The average Bonchev–Trinajstić information content (AvgIpc) is 2.86. The Morgan fingerprint density at radius 1 is 1.18 bits per heavy atom. The van der Waals surface area contributed by atoms with Gasteiger partial charge < -0.3 is 11.1 Å². The number of fused-ring (bicyclic) bond motifs is 1. The van der Waals surface area contributed by atoms with Gasteiger partial charge in [-0.15, -0.1) is 0 Å². The van der Waals surface area contributed by atoms with E-state index in [0.29, 0.717) is 0 Å². The van der Waals surface area contributed by atoms with E-state index in [1.54, 1.807) is 0 Å². The van der Waals surface area contributed by atoms with E-state index in [9.17, 15) is 4.79 Å². The van der Waals surface area contributed by atoms with Crippen LogP contribution in [0.2, 0.25) is 0 Å². The maximum Gasteiger partial charge on any atom is 0.232 e. The number of amides is 1. The Labute approximate surface area is 131 Å². The first kappa shape index (κ1) is 14.8. The Morgan fingerprint density at radius 3 is 2.50 bits per heavy atom. The lowest BCUT2D eigenvalue weighted by molar-refractivity contribution is -0.117. The molecule has 2 atom stereocenters. The maximum absolute atomic E-state index is 12.1. The first-order valence-corrected chi connectivity index (χ1v) is 7.80. The Hall–Kier alpha value is -2.13. The van der Waals surface area contributed by atoms with Crippen LogP contribution in [0.3, 0.4) is 0 Å². The lowest BCUT2D eigenvalue weighted by Gasteiger charge is -2.20. The van der Waals surface area contributed by atoms with E-state index in [2.05, 4.69) is 25.2 Å². The van der Waals surface area contributed by atoms with Crippen LogP contribution < -0.4 is 11.1 Å². The van der Waals surface area contributed by atoms with Crippen LogP contribution in [0.1, 0.15) is 53.1 Å². The van der Waals surface area contributed by atoms with Gasteiger partial charge >= 0.3 is 0 Å². The molecule has 2 unspecified atom stereocenters. The monoisotopic (exact) mass is 294 g/mol. The van der Waals surface area contributed by atoms with Gasteiger partial charge in [0.15, 0.2) is 0 Å². The molecule has 1 heterocycles. The smallest absolute Gasteiger partial charge is 0.232 e. The summed E-state index contributed by atoms with van der Waals surface area (Å²) in [4.78, 5) is 12.1. The Bertz CT molecular complexity index is 722. The third-order valence-corrected chi connectivity index (χ3v) is 4.81. The lowest BCUT2D eigenvalue weighted by atomic mass is 9.87. The SMILES string of the molecule is CCC1C(=O)Nc2c1cc(C(N)c1ccccc1)c(C)c2C. The number of benzene rings is 2. The molecule has 1 aliphatic rings. The summed E-state index contributed by atoms with van der Waals surface area (Å²) in [6.07, 6.45) is 0.807. The summed E-state index contributed by atoms with van der Waals surface area (Å²) in [6, 6.07) is 12.1. The predicted molar refractivity (Wildman–Crippen MR) is 90.1 cm³/mol. The molecular formula is C19H22N2O. The van der Waals surface area contributed by atoms with Crippen LogP contribution in [-0.2, 0) is 4.79 Å². The van der Waals surface area contributed by atoms with E-state index < -0.39 is 0 Å². The molecule has 0 radical (unpaired) electrons. The van der Waals surface area contributed by atoms with Gasteiger partial charge in [0.05, 0.1) is 12.0 Å². The van der Waals surface area contributed by atoms with Crippen LogP contribution in [0, 0.1) is 13.8 Å². The summed E-state index contributed by atoms with van der Waals surface area (Å²) in [7, 11) is 0. The van der Waals surface area contributed by atoms with Crippen LogP contribution >= 0.6 is 0 Å². The van der Waals surface area contributed by atoms with E-state index in [0.717, 1.165) is 39.9 Å². The van der Waals surface area contributed by atoms with E-state index in [1.165, 1.54) is 0 Å². The number of rotatable bonds is 3. The minimum Gasteiger partial charge on any atom is -0.325 e. The second kappa shape index (κ2) is 5.58. The topological polar surface area (TPSA) is 55.1 Å². The number of anilines is 1. The predicted octanol–water partition coefficient (Wildman–Crippen LogP) is 3.80. The molecule has 1 amide bonds. The van der Waals surface area contributed by atoms with Gasteiger partial charge in [0, 0.05) is 5.69 Å². The Kier molecular flexibility index (Phi) is 3.75. The van der Waals surface area contributed by atoms with Crippen molar-refractivity contribution in [1.82, 2.24) is 0 Å². The molecule has 0 fully saturated rings. The van der Waals surface area contributed by atoms with Gasteiger partial charge in [-0.3, -0.25) is 4.79 Å². The van der Waals surface area contributed by atoms with Crippen molar-refractivity contribution < 1.29 is 4.79 Å². The molecule has 114 valence electrons. The number of nitrogens with two attached hydrogens (primary N) is 1. The number of hydrogen-bond acceptors (Lipinski definition) is 2. The minimum absolute atomic E-state index is 0.0592. The number of carbonyl (C=O) groups is 1. The van der Waals surface area contributed by atoms with Crippen LogP contribution in [-0.4, -0.2) is 5.91 Å². The van der Waals surface area contributed by atoms with E-state index in [4.69, 9.17) is 5.73 Å². The number of carbonyl (C=O) groups excluding carboxylic acids is 1. The van der Waals surface area contributed by atoms with Crippen molar-refractivity contribution >= 4 is 11.6 Å². The minimum atomic E-state index is -0.168. The molecule has 3 heteroatoms. The first-order chi connectivity index (χ1) is 10.5. The second-order valence-corrected chi connectivity index (χ2v) is 6.02. The highest BCUT2D eigenvalue weighted by Crippen LogP contribution is 2.41. The van der Waals surface area contributed by atoms with Gasteiger partial charge in [-0.2, -0.15) is 0 Å². The van der Waals surface area contributed by atoms with Gasteiger partial charge in [-0.25, -0.2) is 0 Å². The van der Waals surface area contributed by atoms with E-state index >= 15 is 0 Å². The fourth-order valence-corrected chi connectivity index (χ4v) is 3.33. The summed E-state index contributed by atoms with van der Waals surface area (Å²) in [5.74, 6) is 0.0430. The molecular weight excluding hydrogens is 272 g/mol. The van der Waals surface area contributed by atoms with E-state index in [1.807, 2.05) is 37.3 Å². The standard InChI is InChI=1S/C19H22N2O/c1-4-14-16-10-15(17(20)13-8-6-5-7-9-13)11(2)12(3)18(16)21-19(14)22/h5-10,14,17H,4,20H2,1-3H3,(H,21,22). The molecule has 0 aliphatic carbocycles. The molecule has 0 spiro atoms. The third kappa shape index (κ3) is 2.22. The molecule has 2 aromatic rings. The summed E-state index contributed by atoms with van der Waals surface area (Å²) >= 11 is 0. The van der Waals surface area contributed by atoms with Crippen molar-refractivity contribution in [2.75, 3.05) is 5.32 Å².